The average Bonchev–Trinajstić information content (AvgIpc) is 1.05. The summed E-state index contributed by atoms with van der Waals surface area (Å²) in [5, 5.41) is 118. The zero-order chi connectivity index (χ0) is 59.9. The van der Waals surface area contributed by atoms with E-state index >= 15 is 0 Å². The predicted molar refractivity (Wildman–Crippen MR) is 334 cm³/mol. The number of nitrogens with one attached hydrogen (secondary N) is 4. The number of benzene rings is 8. The van der Waals surface area contributed by atoms with E-state index in [9.17, 15) is 40.9 Å². The van der Waals surface area contributed by atoms with Crippen molar-refractivity contribution in [1.29, 1.82) is 0 Å². The molecule has 440 valence electrons. The molecule has 0 radical (unpaired) electrons. The van der Waals surface area contributed by atoms with Crippen molar-refractivity contribution in [2.45, 2.75) is 155 Å². The van der Waals surface area contributed by atoms with E-state index in [0.717, 1.165) is 22.3 Å². The van der Waals surface area contributed by atoms with E-state index in [1.165, 1.54) is 0 Å². The molecule has 0 fully saturated rings. The lowest BCUT2D eigenvalue weighted by Crippen LogP contribution is -2.21. The van der Waals surface area contributed by atoms with E-state index in [1.54, 1.807) is 24.3 Å². The summed E-state index contributed by atoms with van der Waals surface area (Å²) in [6.07, 6.45) is 1.37. The summed E-state index contributed by atoms with van der Waals surface area (Å²) < 4.78 is 0. The predicted octanol–water partition coefficient (Wildman–Crippen LogP) is 15.2. The fourth-order valence-electron chi connectivity index (χ4n) is 12.7. The van der Waals surface area contributed by atoms with Gasteiger partial charge in [0, 0.05) is 119 Å². The van der Waals surface area contributed by atoms with E-state index in [-0.39, 0.29) is 119 Å². The molecule has 84 heavy (non-hydrogen) atoms. The molecule has 12 N–H and O–H groups in total. The van der Waals surface area contributed by atoms with Gasteiger partial charge >= 0.3 is 0 Å². The lowest BCUT2D eigenvalue weighted by atomic mass is 9.75. The topological polar surface area (TPSA) is 210 Å². The molecule has 12 heteroatoms. The summed E-state index contributed by atoms with van der Waals surface area (Å²) >= 11 is 0. The summed E-state index contributed by atoms with van der Waals surface area (Å²) in [5.74, 6) is -4.38. The lowest BCUT2D eigenvalue weighted by molar-refractivity contribution is 0.404. The molecule has 0 aromatic heterocycles. The summed E-state index contributed by atoms with van der Waals surface area (Å²) in [5.41, 5.74) is 8.21. The van der Waals surface area contributed by atoms with Gasteiger partial charge in [-0.05, 0) is 99.9 Å². The molecule has 9 rings (SSSR count). The zero-order valence-electron chi connectivity index (χ0n) is 49.7. The fraction of sp³-hybridized carbons (Fsp3) is 0.333. The number of phenols is 8. The van der Waals surface area contributed by atoms with E-state index in [4.69, 9.17) is 0 Å². The second kappa shape index (κ2) is 26.7. The SMILES string of the molecule is CCC1c2cc(c(O)c(CN[C@H](C)c3ccccc3)c2O)C(CC)c2cc(c(O)c(CN[C@H](C)c3ccccc3)c2O)C(CC)c2cc(c(O)c(CN[C@H](C)c3ccccc3)c2O)C(CC)c2cc1c(O)c(CN[C@H](C)c1ccccc1)c2O. The largest absolute Gasteiger partial charge is 0.507 e. The van der Waals surface area contributed by atoms with Gasteiger partial charge in [-0.1, -0.05) is 149 Å². The normalized spacial score (nSPS) is 17.3. The van der Waals surface area contributed by atoms with Crippen molar-refractivity contribution in [3.8, 4) is 46.0 Å². The number of aromatic hydroxyl groups is 8. The van der Waals surface area contributed by atoms with E-state index in [1.807, 2.05) is 177 Å². The Balaban J connectivity index is 1.35. The molecule has 0 saturated carbocycles. The van der Waals surface area contributed by atoms with Gasteiger partial charge in [0.1, 0.15) is 46.0 Å². The number of rotatable bonds is 20. The van der Waals surface area contributed by atoms with Crippen LogP contribution >= 0.6 is 0 Å². The van der Waals surface area contributed by atoms with Gasteiger partial charge in [0.25, 0.3) is 0 Å². The molecule has 8 aromatic rings. The quantitative estimate of drug-likeness (QED) is 0.0344. The molecule has 0 amide bonds. The number of hydrogen-bond donors (Lipinski definition) is 12. The van der Waals surface area contributed by atoms with E-state index in [2.05, 4.69) is 21.3 Å². The first-order chi connectivity index (χ1) is 40.5. The number of fused-ring (bicyclic) bond motifs is 8. The first-order valence-electron chi connectivity index (χ1n) is 30.0. The van der Waals surface area contributed by atoms with Gasteiger partial charge < -0.3 is 62.1 Å². The Hall–Kier alpha value is -8.00. The molecule has 1 aliphatic rings. The van der Waals surface area contributed by atoms with Gasteiger partial charge in [-0.3, -0.25) is 0 Å². The molecular formula is C72H84N4O8. The monoisotopic (exact) mass is 1130 g/mol. The minimum absolute atomic E-state index is 0.0322. The molecule has 0 unspecified atom stereocenters. The van der Waals surface area contributed by atoms with Crippen LogP contribution in [-0.2, 0) is 26.2 Å². The van der Waals surface area contributed by atoms with Crippen molar-refractivity contribution >= 4 is 0 Å². The lowest BCUT2D eigenvalue weighted by Gasteiger charge is -2.31. The van der Waals surface area contributed by atoms with Crippen LogP contribution in [-0.4, -0.2) is 40.9 Å². The Labute approximate surface area is 495 Å². The Morgan fingerprint density at radius 1 is 0.274 bits per heavy atom. The third-order valence-corrected chi connectivity index (χ3v) is 17.9. The van der Waals surface area contributed by atoms with Crippen LogP contribution in [0, 0.1) is 0 Å². The molecular weight excluding hydrogens is 1050 g/mol. The van der Waals surface area contributed by atoms with Crippen molar-refractivity contribution < 1.29 is 40.9 Å². The molecule has 8 aromatic carbocycles. The highest BCUT2D eigenvalue weighted by Crippen LogP contribution is 2.55. The average molecular weight is 1130 g/mol. The van der Waals surface area contributed by atoms with Gasteiger partial charge in [0.05, 0.1) is 22.3 Å². The first-order valence-corrected chi connectivity index (χ1v) is 30.0. The summed E-state index contributed by atoms with van der Waals surface area (Å²) in [7, 11) is 0. The summed E-state index contributed by atoms with van der Waals surface area (Å²) in [6.45, 7) is 16.0. The summed E-state index contributed by atoms with van der Waals surface area (Å²) in [4.78, 5) is 0. The van der Waals surface area contributed by atoms with Gasteiger partial charge in [-0.25, -0.2) is 0 Å². The number of phenolic OH excluding ortho intramolecular Hbond substituents is 8. The van der Waals surface area contributed by atoms with Crippen LogP contribution in [0.15, 0.2) is 146 Å². The fourth-order valence-corrected chi connectivity index (χ4v) is 12.7. The Kier molecular flexibility index (Phi) is 19.3. The van der Waals surface area contributed by atoms with Gasteiger partial charge in [-0.15, -0.1) is 0 Å². The number of hydrogen-bond acceptors (Lipinski definition) is 12. The maximum Gasteiger partial charge on any atom is 0.127 e. The molecule has 1 aliphatic carbocycles. The second-order valence-electron chi connectivity index (χ2n) is 22.8. The highest BCUT2D eigenvalue weighted by atomic mass is 16.3. The van der Waals surface area contributed by atoms with Crippen LogP contribution in [0.4, 0.5) is 0 Å². The molecule has 0 spiro atoms. The molecule has 0 aliphatic heterocycles. The van der Waals surface area contributed by atoms with Crippen molar-refractivity contribution in [1.82, 2.24) is 21.3 Å². The minimum atomic E-state index is -0.752. The smallest absolute Gasteiger partial charge is 0.127 e. The minimum Gasteiger partial charge on any atom is -0.507 e. The van der Waals surface area contributed by atoms with Crippen molar-refractivity contribution in [3.05, 3.63) is 235 Å². The van der Waals surface area contributed by atoms with Gasteiger partial charge in [0.15, 0.2) is 0 Å². The van der Waals surface area contributed by atoms with Crippen molar-refractivity contribution in [2.75, 3.05) is 0 Å². The first kappa shape index (κ1) is 60.6. The molecule has 0 saturated heterocycles. The van der Waals surface area contributed by atoms with E-state index in [0.29, 0.717) is 70.2 Å². The molecule has 12 nitrogen and oxygen atoms in total. The third kappa shape index (κ3) is 12.2. The second-order valence-corrected chi connectivity index (χ2v) is 22.8. The third-order valence-electron chi connectivity index (χ3n) is 17.9. The highest BCUT2D eigenvalue weighted by Gasteiger charge is 2.37. The van der Waals surface area contributed by atoms with Crippen LogP contribution in [0.1, 0.15) is 218 Å². The van der Waals surface area contributed by atoms with Crippen molar-refractivity contribution in [2.24, 2.45) is 0 Å². The maximum absolute atomic E-state index is 12.9. The Morgan fingerprint density at radius 2 is 0.429 bits per heavy atom. The molecule has 0 heterocycles. The van der Waals surface area contributed by atoms with Crippen LogP contribution in [0.25, 0.3) is 0 Å². The molecule has 4 atom stereocenters. The van der Waals surface area contributed by atoms with Crippen molar-refractivity contribution in [3.63, 3.8) is 0 Å². The van der Waals surface area contributed by atoms with Crippen LogP contribution in [0.3, 0.4) is 0 Å². The van der Waals surface area contributed by atoms with E-state index < -0.39 is 23.7 Å². The Morgan fingerprint density at radius 3 is 0.571 bits per heavy atom. The van der Waals surface area contributed by atoms with Gasteiger partial charge in [-0.2, -0.15) is 0 Å². The van der Waals surface area contributed by atoms with Gasteiger partial charge in [0.2, 0.25) is 0 Å². The zero-order valence-corrected chi connectivity index (χ0v) is 49.7. The highest BCUT2D eigenvalue weighted by molar-refractivity contribution is 5.68. The van der Waals surface area contributed by atoms with Crippen LogP contribution in [0.5, 0.6) is 46.0 Å². The maximum atomic E-state index is 12.9. The molecule has 8 bridgehead atoms. The Bertz CT molecular complexity index is 2960. The standard InChI is InChI=1S/C72H84N4O8/c1-9-49-53-33-55(67(79)61(65(53)77)37-73-41(5)45-25-17-13-18-26-45)50(10-2)57-35-59(71(83)63(69(57)81)39-75-43(7)47-29-21-15-22-30-47)52(12-4)60-36-58(70(82)64(72(60)84)40-76-44(8)48-31-23-16-24-32-48)51(11-3)56-34-54(49)66(78)62(68(56)80)38-74-42(6)46-27-19-14-20-28-46/h13-36,41-44,49-52,73-84H,9-12,37-40H2,1-8H3/t41-,42-,43-,44-,49?,50?,51?,52?/m1/s1. The van der Waals surface area contributed by atoms with Crippen LogP contribution in [0.2, 0.25) is 0 Å². The van der Waals surface area contributed by atoms with Crippen LogP contribution < -0.4 is 21.3 Å². The summed E-state index contributed by atoms with van der Waals surface area (Å²) in [6, 6.07) is 45.9.